The molecule has 0 radical (unpaired) electrons. The lowest BCUT2D eigenvalue weighted by Crippen LogP contribution is -2.59. The third kappa shape index (κ3) is 3.65. The van der Waals surface area contributed by atoms with Gasteiger partial charge in [-0.3, -0.25) is 0 Å². The third-order valence-electron chi connectivity index (χ3n) is 5.49. The van der Waals surface area contributed by atoms with Crippen LogP contribution < -0.4 is 5.32 Å². The Morgan fingerprint density at radius 1 is 1.12 bits per heavy atom. The van der Waals surface area contributed by atoms with E-state index in [1.165, 1.54) is 32.1 Å². The first kappa shape index (κ1) is 16.9. The van der Waals surface area contributed by atoms with Crippen molar-refractivity contribution in [2.45, 2.75) is 66.8 Å². The molecule has 3 aliphatic rings. The fraction of sp³-hybridized carbons (Fsp3) is 0.684. The molecule has 3 fully saturated rings. The number of hydrogen-bond donors (Lipinski definition) is 2. The molecule has 2 heterocycles. The van der Waals surface area contributed by atoms with E-state index in [9.17, 15) is 5.11 Å². The fourth-order valence-electron chi connectivity index (χ4n) is 4.11. The van der Waals surface area contributed by atoms with Crippen molar-refractivity contribution in [1.82, 2.24) is 5.32 Å². The number of thioether (sulfide) groups is 1. The van der Waals surface area contributed by atoms with Crippen molar-refractivity contribution in [2.24, 2.45) is 5.92 Å². The van der Waals surface area contributed by atoms with E-state index in [0.29, 0.717) is 6.61 Å². The van der Waals surface area contributed by atoms with Crippen molar-refractivity contribution in [3.05, 3.63) is 30.3 Å². The topological polar surface area (TPSA) is 50.7 Å². The van der Waals surface area contributed by atoms with Crippen LogP contribution >= 0.6 is 11.8 Å². The number of aliphatic hydroxyl groups is 1. The van der Waals surface area contributed by atoms with Gasteiger partial charge in [0.1, 0.15) is 6.10 Å². The molecule has 1 aromatic carbocycles. The standard InChI is InChI=1S/C19H27NO3S/c21-17-16(20-11-13-7-3-1-4-8-13)15-12-22-19(23-15)18(17)24-14-9-5-2-6-10-14/h2,5-6,9-10,13,15-21H,1,3-4,7-8,11-12H2. The predicted octanol–water partition coefficient (Wildman–Crippen LogP) is 2.80. The van der Waals surface area contributed by atoms with Gasteiger partial charge in [0.05, 0.1) is 24.0 Å². The summed E-state index contributed by atoms with van der Waals surface area (Å²) in [5, 5.41) is 14.5. The van der Waals surface area contributed by atoms with Gasteiger partial charge in [0.15, 0.2) is 6.29 Å². The van der Waals surface area contributed by atoms with Crippen LogP contribution in [0.3, 0.4) is 0 Å². The van der Waals surface area contributed by atoms with Crippen molar-refractivity contribution in [2.75, 3.05) is 13.2 Å². The van der Waals surface area contributed by atoms with Crippen molar-refractivity contribution < 1.29 is 14.6 Å². The normalized spacial score (nSPS) is 36.8. The highest BCUT2D eigenvalue weighted by molar-refractivity contribution is 8.00. The Morgan fingerprint density at radius 2 is 1.92 bits per heavy atom. The summed E-state index contributed by atoms with van der Waals surface area (Å²) in [6.07, 6.45) is 5.90. The molecule has 1 aliphatic carbocycles. The van der Waals surface area contributed by atoms with E-state index in [0.717, 1.165) is 17.4 Å². The maximum atomic E-state index is 11.0. The van der Waals surface area contributed by atoms with Gasteiger partial charge in [0.25, 0.3) is 0 Å². The summed E-state index contributed by atoms with van der Waals surface area (Å²) in [6, 6.07) is 10.2. The number of nitrogens with one attached hydrogen (secondary N) is 1. The minimum Gasteiger partial charge on any atom is -0.390 e. The van der Waals surface area contributed by atoms with Crippen LogP contribution in [0.25, 0.3) is 0 Å². The average molecular weight is 349 g/mol. The zero-order chi connectivity index (χ0) is 16.4. The third-order valence-corrected chi connectivity index (χ3v) is 6.81. The molecule has 2 N–H and O–H groups in total. The van der Waals surface area contributed by atoms with Crippen molar-refractivity contribution in [1.29, 1.82) is 0 Å². The smallest absolute Gasteiger partial charge is 0.172 e. The van der Waals surface area contributed by atoms with Crippen LogP contribution in [0.1, 0.15) is 32.1 Å². The second kappa shape index (κ2) is 7.75. The average Bonchev–Trinajstić information content (AvgIpc) is 3.06. The van der Waals surface area contributed by atoms with Crippen molar-refractivity contribution in [3.63, 3.8) is 0 Å². The molecular formula is C19H27NO3S. The minimum atomic E-state index is -0.454. The first-order chi connectivity index (χ1) is 11.8. The molecule has 2 bridgehead atoms. The van der Waals surface area contributed by atoms with Gasteiger partial charge in [-0.15, -0.1) is 11.8 Å². The molecule has 4 rings (SSSR count). The molecule has 1 saturated carbocycles. The summed E-state index contributed by atoms with van der Waals surface area (Å²) in [7, 11) is 0. The SMILES string of the molecule is OC1C(NCC2CCCCC2)C2COC(O2)C1Sc1ccccc1. The Labute approximate surface area is 148 Å². The summed E-state index contributed by atoms with van der Waals surface area (Å²) in [5.74, 6) is 0.742. The van der Waals surface area contributed by atoms with Crippen LogP contribution in [0.15, 0.2) is 35.2 Å². The highest BCUT2D eigenvalue weighted by Crippen LogP contribution is 2.38. The van der Waals surface area contributed by atoms with Gasteiger partial charge >= 0.3 is 0 Å². The largest absolute Gasteiger partial charge is 0.390 e. The molecular weight excluding hydrogens is 322 g/mol. The van der Waals surface area contributed by atoms with Gasteiger partial charge in [-0.1, -0.05) is 37.5 Å². The summed E-state index contributed by atoms with van der Waals surface area (Å²) in [5.41, 5.74) is 0. The van der Waals surface area contributed by atoms with E-state index in [4.69, 9.17) is 9.47 Å². The number of aliphatic hydroxyl groups excluding tert-OH is 1. The van der Waals surface area contributed by atoms with Gasteiger partial charge in [-0.2, -0.15) is 0 Å². The van der Waals surface area contributed by atoms with E-state index >= 15 is 0 Å². The Morgan fingerprint density at radius 3 is 2.71 bits per heavy atom. The number of ether oxygens (including phenoxy) is 2. The molecule has 5 heteroatoms. The lowest BCUT2D eigenvalue weighted by molar-refractivity contribution is -0.123. The van der Waals surface area contributed by atoms with Crippen LogP contribution in [-0.2, 0) is 9.47 Å². The van der Waals surface area contributed by atoms with E-state index in [2.05, 4.69) is 17.4 Å². The molecule has 24 heavy (non-hydrogen) atoms. The minimum absolute atomic E-state index is 0.0267. The summed E-state index contributed by atoms with van der Waals surface area (Å²) >= 11 is 1.66. The lowest BCUT2D eigenvalue weighted by atomic mass is 9.88. The maximum absolute atomic E-state index is 11.0. The highest BCUT2D eigenvalue weighted by Gasteiger charge is 2.50. The Balaban J connectivity index is 1.40. The molecule has 1 aromatic rings. The Bertz CT molecular complexity index is 523. The van der Waals surface area contributed by atoms with Crippen LogP contribution in [0.5, 0.6) is 0 Å². The second-order valence-corrected chi connectivity index (χ2v) is 8.45. The molecule has 5 unspecified atom stereocenters. The highest BCUT2D eigenvalue weighted by atomic mass is 32.2. The van der Waals surface area contributed by atoms with Crippen LogP contribution in [0, 0.1) is 5.92 Å². The van der Waals surface area contributed by atoms with E-state index in [-0.39, 0.29) is 23.7 Å². The Hall–Kier alpha value is -0.590. The molecule has 0 aromatic heterocycles. The molecule has 4 nitrogen and oxygen atoms in total. The van der Waals surface area contributed by atoms with Crippen molar-refractivity contribution >= 4 is 11.8 Å². The second-order valence-electron chi connectivity index (χ2n) is 7.20. The quantitative estimate of drug-likeness (QED) is 0.856. The monoisotopic (exact) mass is 349 g/mol. The van der Waals surface area contributed by atoms with Crippen LogP contribution in [-0.4, -0.2) is 48.0 Å². The van der Waals surface area contributed by atoms with E-state index in [1.807, 2.05) is 18.2 Å². The first-order valence-electron chi connectivity index (χ1n) is 9.21. The summed E-state index contributed by atoms with van der Waals surface area (Å²) < 4.78 is 11.9. The number of hydrogen-bond acceptors (Lipinski definition) is 5. The van der Waals surface area contributed by atoms with Gasteiger partial charge in [0.2, 0.25) is 0 Å². The molecule has 2 saturated heterocycles. The van der Waals surface area contributed by atoms with E-state index < -0.39 is 6.10 Å². The molecule has 5 atom stereocenters. The predicted molar refractivity (Wildman–Crippen MR) is 95.1 cm³/mol. The number of fused-ring (bicyclic) bond motifs is 2. The summed E-state index contributed by atoms with van der Waals surface area (Å²) in [4.78, 5) is 1.14. The van der Waals surface area contributed by atoms with Crippen LogP contribution in [0.2, 0.25) is 0 Å². The maximum Gasteiger partial charge on any atom is 0.172 e. The molecule has 0 amide bonds. The number of rotatable bonds is 5. The Kier molecular flexibility index (Phi) is 5.44. The molecule has 0 spiro atoms. The van der Waals surface area contributed by atoms with E-state index in [1.54, 1.807) is 11.8 Å². The fourth-order valence-corrected chi connectivity index (χ4v) is 5.31. The molecule has 132 valence electrons. The zero-order valence-corrected chi connectivity index (χ0v) is 14.8. The van der Waals surface area contributed by atoms with Gasteiger partial charge in [-0.25, -0.2) is 0 Å². The first-order valence-corrected chi connectivity index (χ1v) is 10.1. The lowest BCUT2D eigenvalue weighted by Gasteiger charge is -2.39. The summed E-state index contributed by atoms with van der Waals surface area (Å²) in [6.45, 7) is 1.56. The van der Waals surface area contributed by atoms with Gasteiger partial charge in [-0.05, 0) is 37.4 Å². The molecule has 2 aliphatic heterocycles. The van der Waals surface area contributed by atoms with Gasteiger partial charge in [0, 0.05) is 4.90 Å². The van der Waals surface area contributed by atoms with Gasteiger partial charge < -0.3 is 19.9 Å². The van der Waals surface area contributed by atoms with Crippen molar-refractivity contribution in [3.8, 4) is 0 Å². The van der Waals surface area contributed by atoms with Crippen LogP contribution in [0.4, 0.5) is 0 Å². The number of benzene rings is 1. The zero-order valence-electron chi connectivity index (χ0n) is 14.0.